The lowest BCUT2D eigenvalue weighted by Gasteiger charge is -2.36. The molecule has 0 saturated heterocycles. The number of amidine groups is 1. The minimum absolute atomic E-state index is 0.0133. The summed E-state index contributed by atoms with van der Waals surface area (Å²) in [5, 5.41) is 13.1. The summed E-state index contributed by atoms with van der Waals surface area (Å²) >= 11 is 1.43. The molecule has 0 aromatic rings. The first-order valence-corrected chi connectivity index (χ1v) is 6.43. The predicted molar refractivity (Wildman–Crippen MR) is 58.6 cm³/mol. The number of aliphatic hydroxyl groups is 1. The van der Waals surface area contributed by atoms with Crippen molar-refractivity contribution in [3.63, 3.8) is 0 Å². The van der Waals surface area contributed by atoms with Crippen molar-refractivity contribution in [1.82, 2.24) is 5.32 Å². The van der Waals surface area contributed by atoms with E-state index in [1.165, 1.54) is 11.8 Å². The highest BCUT2D eigenvalue weighted by atomic mass is 32.2. The van der Waals surface area contributed by atoms with E-state index in [-0.39, 0.29) is 11.3 Å². The van der Waals surface area contributed by atoms with Crippen molar-refractivity contribution in [2.45, 2.75) is 43.2 Å². The minimum Gasteiger partial charge on any atom is -0.371 e. The van der Waals surface area contributed by atoms with Crippen LogP contribution < -0.4 is 5.32 Å². The van der Waals surface area contributed by atoms with Crippen LogP contribution in [0, 0.1) is 11.8 Å². The van der Waals surface area contributed by atoms with Crippen LogP contribution in [-0.2, 0) is 0 Å². The molecule has 3 nitrogen and oxygen atoms in total. The Bertz CT molecular complexity index is 350. The third kappa shape index (κ3) is 1.39. The van der Waals surface area contributed by atoms with Crippen molar-refractivity contribution < 1.29 is 13.9 Å². The fourth-order valence-electron chi connectivity index (χ4n) is 2.80. The monoisotopic (exact) mass is 248 g/mol. The van der Waals surface area contributed by atoms with Gasteiger partial charge in [0.1, 0.15) is 0 Å². The van der Waals surface area contributed by atoms with Crippen molar-refractivity contribution in [3.8, 4) is 0 Å². The van der Waals surface area contributed by atoms with Gasteiger partial charge >= 0.3 is 0 Å². The van der Waals surface area contributed by atoms with Crippen LogP contribution in [-0.4, -0.2) is 33.7 Å². The average Bonchev–Trinajstić information content (AvgIpc) is 2.80. The lowest BCUT2D eigenvalue weighted by molar-refractivity contribution is -0.149. The summed E-state index contributed by atoms with van der Waals surface area (Å²) in [5.74, 6) is -3.45. The molecular formula is C10H14F2N2OS. The quantitative estimate of drug-likeness (QED) is 0.738. The van der Waals surface area contributed by atoms with E-state index in [1.807, 2.05) is 6.92 Å². The van der Waals surface area contributed by atoms with Crippen LogP contribution in [0.4, 0.5) is 8.78 Å². The smallest absolute Gasteiger partial charge is 0.255 e. The summed E-state index contributed by atoms with van der Waals surface area (Å²) in [5.41, 5.74) is 0. The molecule has 5 atom stereocenters. The van der Waals surface area contributed by atoms with E-state index in [0.717, 1.165) is 0 Å². The first-order chi connectivity index (χ1) is 7.48. The first kappa shape index (κ1) is 10.8. The number of nitrogens with zero attached hydrogens (tertiary/aromatic N) is 1. The maximum absolute atomic E-state index is 13.3. The Labute approximate surface area is 96.7 Å². The number of alkyl halides is 2. The molecule has 1 heterocycles. The minimum atomic E-state index is -2.48. The molecule has 1 aliphatic heterocycles. The van der Waals surface area contributed by atoms with Crippen LogP contribution in [0.2, 0.25) is 0 Å². The molecule has 3 fully saturated rings. The van der Waals surface area contributed by atoms with Crippen molar-refractivity contribution in [2.24, 2.45) is 16.8 Å². The fraction of sp³-hybridized carbons (Fsp3) is 0.900. The van der Waals surface area contributed by atoms with Gasteiger partial charge in [0.15, 0.2) is 11.4 Å². The number of aliphatic hydroxyl groups excluding tert-OH is 1. The van der Waals surface area contributed by atoms with Gasteiger partial charge in [-0.2, -0.15) is 0 Å². The topological polar surface area (TPSA) is 44.6 Å². The molecule has 3 saturated carbocycles. The van der Waals surface area contributed by atoms with Crippen LogP contribution in [0.1, 0.15) is 19.8 Å². The Morgan fingerprint density at radius 3 is 2.69 bits per heavy atom. The highest BCUT2D eigenvalue weighted by Crippen LogP contribution is 2.59. The standard InChI is InChI=1S/C10H14F2N2OS/c1-4-8(15)14-9(16-4)13-7-3-5-2-6(7)10(5,11)12/h4-8,15H,2-3H2,1H3,(H,13,14)/t4-,5?,6?,7+,8?/m1/s1. The van der Waals surface area contributed by atoms with Gasteiger partial charge in [0.25, 0.3) is 5.92 Å². The Morgan fingerprint density at radius 1 is 1.50 bits per heavy atom. The molecule has 3 unspecified atom stereocenters. The van der Waals surface area contributed by atoms with Crippen molar-refractivity contribution in [1.29, 1.82) is 0 Å². The van der Waals surface area contributed by atoms with Crippen LogP contribution in [0.15, 0.2) is 4.99 Å². The lowest BCUT2D eigenvalue weighted by atomic mass is 9.79. The number of thioether (sulfide) groups is 1. The molecule has 3 aliphatic carbocycles. The Kier molecular flexibility index (Phi) is 2.24. The van der Waals surface area contributed by atoms with Crippen LogP contribution in [0.5, 0.6) is 0 Å². The Balaban J connectivity index is 1.64. The van der Waals surface area contributed by atoms with E-state index in [4.69, 9.17) is 0 Å². The summed E-state index contributed by atoms with van der Waals surface area (Å²) < 4.78 is 26.7. The Morgan fingerprint density at radius 2 is 2.25 bits per heavy atom. The van der Waals surface area contributed by atoms with Crippen LogP contribution in [0.3, 0.4) is 0 Å². The molecule has 0 amide bonds. The third-order valence-electron chi connectivity index (χ3n) is 3.88. The fourth-order valence-corrected chi connectivity index (χ4v) is 3.72. The number of rotatable bonds is 1. The van der Waals surface area contributed by atoms with Gasteiger partial charge in [-0.25, -0.2) is 13.8 Å². The molecule has 4 aliphatic rings. The number of nitrogens with one attached hydrogen (secondary N) is 1. The van der Waals surface area contributed by atoms with Crippen molar-refractivity contribution in [3.05, 3.63) is 0 Å². The molecule has 0 radical (unpaired) electrons. The number of hydrogen-bond acceptors (Lipinski definition) is 4. The zero-order chi connectivity index (χ0) is 11.5. The molecule has 0 aromatic heterocycles. The van der Waals surface area contributed by atoms with Crippen LogP contribution >= 0.6 is 11.8 Å². The summed E-state index contributed by atoms with van der Waals surface area (Å²) in [7, 11) is 0. The first-order valence-electron chi connectivity index (χ1n) is 5.55. The van der Waals surface area contributed by atoms with Crippen LogP contribution in [0.25, 0.3) is 0 Å². The lowest BCUT2D eigenvalue weighted by Crippen LogP contribution is -2.46. The molecule has 4 rings (SSSR count). The van der Waals surface area contributed by atoms with E-state index < -0.39 is 24.0 Å². The highest BCUT2D eigenvalue weighted by Gasteiger charge is 2.66. The second-order valence-corrected chi connectivity index (χ2v) is 6.24. The van der Waals surface area contributed by atoms with Gasteiger partial charge in [0, 0.05) is 17.9 Å². The second-order valence-electron chi connectivity index (χ2n) is 4.87. The van der Waals surface area contributed by atoms with E-state index in [2.05, 4.69) is 10.3 Å². The van der Waals surface area contributed by atoms with Gasteiger partial charge in [0.2, 0.25) is 0 Å². The van der Waals surface area contributed by atoms with Gasteiger partial charge in [-0.15, -0.1) is 0 Å². The normalized spacial score (nSPS) is 48.8. The van der Waals surface area contributed by atoms with Gasteiger partial charge < -0.3 is 10.4 Å². The second kappa shape index (κ2) is 3.32. The summed E-state index contributed by atoms with van der Waals surface area (Å²) in [4.78, 5) is 4.01. The number of aliphatic imine (C=N–C) groups is 1. The van der Waals surface area contributed by atoms with E-state index >= 15 is 0 Å². The summed E-state index contributed by atoms with van der Waals surface area (Å²) in [6, 6.07) is -0.163. The van der Waals surface area contributed by atoms with Gasteiger partial charge in [-0.3, -0.25) is 0 Å². The molecule has 90 valence electrons. The highest BCUT2D eigenvalue weighted by molar-refractivity contribution is 8.14. The van der Waals surface area contributed by atoms with Crippen molar-refractivity contribution >= 4 is 16.9 Å². The molecule has 6 heteroatoms. The number of halogens is 2. The van der Waals surface area contributed by atoms with E-state index in [0.29, 0.717) is 18.0 Å². The van der Waals surface area contributed by atoms with Crippen molar-refractivity contribution in [2.75, 3.05) is 0 Å². The third-order valence-corrected chi connectivity index (χ3v) is 4.94. The zero-order valence-electron chi connectivity index (χ0n) is 8.86. The average molecular weight is 248 g/mol. The van der Waals surface area contributed by atoms with Gasteiger partial charge in [0.05, 0.1) is 5.25 Å². The van der Waals surface area contributed by atoms with E-state index in [9.17, 15) is 13.9 Å². The molecule has 0 aromatic carbocycles. The van der Waals surface area contributed by atoms with E-state index in [1.54, 1.807) is 0 Å². The number of hydrogen-bond donors (Lipinski definition) is 2. The maximum atomic E-state index is 13.3. The molecule has 2 bridgehead atoms. The van der Waals surface area contributed by atoms with Gasteiger partial charge in [-0.05, 0) is 19.8 Å². The van der Waals surface area contributed by atoms with Gasteiger partial charge in [-0.1, -0.05) is 11.8 Å². The summed E-state index contributed by atoms with van der Waals surface area (Å²) in [6.45, 7) is 1.87. The SMILES string of the molecule is C[C@H]1SC(N[C@H]2CC3CC2C3(F)F)=NC1O. The molecule has 2 N–H and O–H groups in total. The number of fused-ring (bicyclic) bond motifs is 1. The zero-order valence-corrected chi connectivity index (χ0v) is 9.68. The molecule has 16 heavy (non-hydrogen) atoms. The Hall–Kier alpha value is -0.360. The predicted octanol–water partition coefficient (Wildman–Crippen LogP) is 1.43. The molecular weight excluding hydrogens is 234 g/mol. The largest absolute Gasteiger partial charge is 0.371 e. The molecule has 0 spiro atoms. The maximum Gasteiger partial charge on any atom is 0.255 e. The summed E-state index contributed by atoms with van der Waals surface area (Å²) in [6.07, 6.45) is 0.451.